The van der Waals surface area contributed by atoms with Crippen LogP contribution in [0.3, 0.4) is 0 Å². The van der Waals surface area contributed by atoms with E-state index in [1.807, 2.05) is 12.1 Å². The fourth-order valence-corrected chi connectivity index (χ4v) is 1.63. The maximum Gasteiger partial charge on any atom is 0.411 e. The minimum atomic E-state index is -4.29. The number of alkyl halides is 3. The van der Waals surface area contributed by atoms with Crippen LogP contribution in [0.25, 0.3) is 0 Å². The molecular formula is C12H15ClF3NO. The third-order valence-corrected chi connectivity index (χ3v) is 2.64. The van der Waals surface area contributed by atoms with Gasteiger partial charge in [0.15, 0.2) is 0 Å². The van der Waals surface area contributed by atoms with Crippen molar-refractivity contribution in [2.75, 3.05) is 19.8 Å². The zero-order valence-electron chi connectivity index (χ0n) is 9.71. The van der Waals surface area contributed by atoms with E-state index in [4.69, 9.17) is 17.3 Å². The first-order valence-electron chi connectivity index (χ1n) is 5.49. The van der Waals surface area contributed by atoms with Crippen molar-refractivity contribution in [3.8, 4) is 0 Å². The molecule has 2 nitrogen and oxygen atoms in total. The van der Waals surface area contributed by atoms with Gasteiger partial charge in [0.25, 0.3) is 0 Å². The first kappa shape index (κ1) is 15.3. The van der Waals surface area contributed by atoms with Gasteiger partial charge in [0.2, 0.25) is 0 Å². The summed E-state index contributed by atoms with van der Waals surface area (Å²) in [5.74, 6) is -0.131. The molecule has 0 radical (unpaired) electrons. The number of benzene rings is 1. The van der Waals surface area contributed by atoms with Crippen molar-refractivity contribution < 1.29 is 17.9 Å². The molecule has 0 aliphatic heterocycles. The summed E-state index contributed by atoms with van der Waals surface area (Å²) in [5.41, 5.74) is 6.49. The fourth-order valence-electron chi connectivity index (χ4n) is 1.51. The van der Waals surface area contributed by atoms with Crippen molar-refractivity contribution >= 4 is 11.6 Å². The first-order chi connectivity index (χ1) is 8.40. The number of hydrogen-bond acceptors (Lipinski definition) is 2. The summed E-state index contributed by atoms with van der Waals surface area (Å²) in [6, 6.07) is 7.13. The lowest BCUT2D eigenvalue weighted by molar-refractivity contribution is -0.176. The molecule has 2 N–H and O–H groups in total. The minimum absolute atomic E-state index is 0.00135. The molecule has 0 spiro atoms. The Bertz CT molecular complexity index is 353. The Labute approximate surface area is 109 Å². The van der Waals surface area contributed by atoms with Gasteiger partial charge >= 0.3 is 6.18 Å². The highest BCUT2D eigenvalue weighted by molar-refractivity contribution is 6.30. The molecule has 18 heavy (non-hydrogen) atoms. The molecule has 0 saturated carbocycles. The topological polar surface area (TPSA) is 35.2 Å². The quantitative estimate of drug-likeness (QED) is 0.870. The van der Waals surface area contributed by atoms with Crippen LogP contribution in [-0.2, 0) is 11.2 Å². The summed E-state index contributed by atoms with van der Waals surface area (Å²) in [6.45, 7) is -0.955. The number of nitrogens with two attached hydrogens (primary N) is 1. The van der Waals surface area contributed by atoms with Gasteiger partial charge in [0.1, 0.15) is 6.61 Å². The lowest BCUT2D eigenvalue weighted by Crippen LogP contribution is -2.25. The molecule has 0 fully saturated rings. The number of rotatable bonds is 6. The van der Waals surface area contributed by atoms with E-state index in [2.05, 4.69) is 4.74 Å². The van der Waals surface area contributed by atoms with Gasteiger partial charge in [-0.2, -0.15) is 13.2 Å². The van der Waals surface area contributed by atoms with E-state index in [1.54, 1.807) is 12.1 Å². The third kappa shape index (κ3) is 6.23. The molecule has 1 unspecified atom stereocenters. The number of ether oxygens (including phenoxy) is 1. The smallest absolute Gasteiger partial charge is 0.372 e. The Hall–Kier alpha value is -0.780. The predicted molar refractivity (Wildman–Crippen MR) is 64.6 cm³/mol. The molecule has 1 rings (SSSR count). The van der Waals surface area contributed by atoms with E-state index >= 15 is 0 Å². The van der Waals surface area contributed by atoms with Crippen LogP contribution in [0, 0.1) is 5.92 Å². The molecule has 1 aromatic carbocycles. The monoisotopic (exact) mass is 281 g/mol. The van der Waals surface area contributed by atoms with Crippen molar-refractivity contribution in [3.05, 3.63) is 34.9 Å². The molecule has 0 heterocycles. The maximum atomic E-state index is 11.9. The second-order valence-electron chi connectivity index (χ2n) is 4.06. The molecule has 102 valence electrons. The lowest BCUT2D eigenvalue weighted by atomic mass is 10.0. The zero-order valence-corrected chi connectivity index (χ0v) is 10.5. The summed E-state index contributed by atoms with van der Waals surface area (Å²) >= 11 is 5.74. The highest BCUT2D eigenvalue weighted by Crippen LogP contribution is 2.16. The Balaban J connectivity index is 2.40. The zero-order chi connectivity index (χ0) is 13.6. The van der Waals surface area contributed by atoms with Crippen molar-refractivity contribution in [2.24, 2.45) is 11.7 Å². The molecule has 0 aliphatic carbocycles. The molecule has 0 saturated heterocycles. The van der Waals surface area contributed by atoms with E-state index in [1.165, 1.54) is 0 Å². The second kappa shape index (κ2) is 6.97. The second-order valence-corrected chi connectivity index (χ2v) is 4.50. The van der Waals surface area contributed by atoms with Crippen molar-refractivity contribution in [2.45, 2.75) is 12.6 Å². The van der Waals surface area contributed by atoms with Crippen LogP contribution >= 0.6 is 11.6 Å². The normalized spacial score (nSPS) is 13.6. The SMILES string of the molecule is NCC(COCC(F)(F)F)Cc1ccc(Cl)cc1. The molecule has 0 bridgehead atoms. The van der Waals surface area contributed by atoms with Crippen LogP contribution < -0.4 is 5.73 Å². The third-order valence-electron chi connectivity index (χ3n) is 2.39. The van der Waals surface area contributed by atoms with Gasteiger partial charge in [-0.25, -0.2) is 0 Å². The average molecular weight is 282 g/mol. The minimum Gasteiger partial charge on any atom is -0.372 e. The molecule has 1 aromatic rings. The fraction of sp³-hybridized carbons (Fsp3) is 0.500. The van der Waals surface area contributed by atoms with Crippen molar-refractivity contribution in [1.29, 1.82) is 0 Å². The average Bonchev–Trinajstić information content (AvgIpc) is 2.29. The van der Waals surface area contributed by atoms with Crippen LogP contribution in [-0.4, -0.2) is 25.9 Å². The van der Waals surface area contributed by atoms with Gasteiger partial charge in [-0.15, -0.1) is 0 Å². The Morgan fingerprint density at radius 3 is 2.33 bits per heavy atom. The van der Waals surface area contributed by atoms with Crippen molar-refractivity contribution in [1.82, 2.24) is 0 Å². The van der Waals surface area contributed by atoms with E-state index in [9.17, 15) is 13.2 Å². The molecule has 1 atom stereocenters. The highest BCUT2D eigenvalue weighted by Gasteiger charge is 2.27. The Morgan fingerprint density at radius 1 is 1.22 bits per heavy atom. The first-order valence-corrected chi connectivity index (χ1v) is 5.87. The summed E-state index contributed by atoms with van der Waals surface area (Å²) in [7, 11) is 0. The molecule has 6 heteroatoms. The van der Waals surface area contributed by atoms with E-state index in [0.29, 0.717) is 11.4 Å². The van der Waals surface area contributed by atoms with E-state index in [0.717, 1.165) is 5.56 Å². The van der Waals surface area contributed by atoms with Gasteiger partial charge in [-0.1, -0.05) is 23.7 Å². The van der Waals surface area contributed by atoms with Gasteiger partial charge in [0, 0.05) is 5.02 Å². The predicted octanol–water partition coefficient (Wildman–Crippen LogP) is 3.04. The van der Waals surface area contributed by atoms with Crippen LogP contribution in [0.4, 0.5) is 13.2 Å². The van der Waals surface area contributed by atoms with E-state index < -0.39 is 12.8 Å². The molecular weight excluding hydrogens is 267 g/mol. The highest BCUT2D eigenvalue weighted by atomic mass is 35.5. The van der Waals surface area contributed by atoms with Crippen molar-refractivity contribution in [3.63, 3.8) is 0 Å². The Morgan fingerprint density at radius 2 is 1.83 bits per heavy atom. The summed E-state index contributed by atoms with van der Waals surface area (Å²) in [6.07, 6.45) is -3.72. The molecule has 0 amide bonds. The van der Waals surface area contributed by atoms with E-state index in [-0.39, 0.29) is 19.1 Å². The summed E-state index contributed by atoms with van der Waals surface area (Å²) < 4.78 is 40.3. The molecule has 0 aliphatic rings. The standard InChI is InChI=1S/C12H15ClF3NO/c13-11-3-1-9(2-4-11)5-10(6-17)7-18-8-12(14,15)16/h1-4,10H,5-8,17H2. The van der Waals surface area contributed by atoms with Gasteiger partial charge in [-0.3, -0.25) is 0 Å². The molecule has 0 aromatic heterocycles. The largest absolute Gasteiger partial charge is 0.411 e. The number of halogens is 4. The van der Waals surface area contributed by atoms with Gasteiger partial charge < -0.3 is 10.5 Å². The summed E-state index contributed by atoms with van der Waals surface area (Å²) in [4.78, 5) is 0. The van der Waals surface area contributed by atoms with Crippen LogP contribution in [0.5, 0.6) is 0 Å². The van der Waals surface area contributed by atoms with Gasteiger partial charge in [0.05, 0.1) is 6.61 Å². The Kier molecular flexibility index (Phi) is 5.91. The number of hydrogen-bond donors (Lipinski definition) is 1. The van der Waals surface area contributed by atoms with Crippen LogP contribution in [0.2, 0.25) is 5.02 Å². The summed E-state index contributed by atoms with van der Waals surface area (Å²) in [5, 5.41) is 0.622. The lowest BCUT2D eigenvalue weighted by Gasteiger charge is -2.16. The van der Waals surface area contributed by atoms with Gasteiger partial charge in [-0.05, 0) is 36.6 Å². The van der Waals surface area contributed by atoms with Crippen LogP contribution in [0.15, 0.2) is 24.3 Å². The van der Waals surface area contributed by atoms with Crippen LogP contribution in [0.1, 0.15) is 5.56 Å². The maximum absolute atomic E-state index is 11.9.